The van der Waals surface area contributed by atoms with E-state index in [-0.39, 0.29) is 23.0 Å². The van der Waals surface area contributed by atoms with E-state index >= 15 is 0 Å². The second-order valence-electron chi connectivity index (χ2n) is 5.86. The van der Waals surface area contributed by atoms with Crippen molar-refractivity contribution in [1.29, 1.82) is 0 Å². The molecule has 1 amide bonds. The van der Waals surface area contributed by atoms with Gasteiger partial charge in [-0.05, 0) is 38.0 Å². The molecule has 1 atom stereocenters. The van der Waals surface area contributed by atoms with Crippen LogP contribution in [-0.4, -0.2) is 22.1 Å². The molecule has 0 spiro atoms. The van der Waals surface area contributed by atoms with E-state index in [2.05, 4.69) is 0 Å². The molecule has 0 bridgehead atoms. The van der Waals surface area contributed by atoms with Crippen LogP contribution in [0.5, 0.6) is 0 Å². The third kappa shape index (κ3) is 4.14. The fourth-order valence-corrected chi connectivity index (χ4v) is 3.53. The Balaban J connectivity index is 1.70. The molecule has 0 aliphatic heterocycles. The zero-order valence-electron chi connectivity index (χ0n) is 13.1. The zero-order chi connectivity index (χ0) is 16.2. The van der Waals surface area contributed by atoms with E-state index in [1.54, 1.807) is 23.9 Å². The van der Waals surface area contributed by atoms with Crippen LogP contribution >= 0.6 is 11.8 Å². The highest BCUT2D eigenvalue weighted by atomic mass is 32.2. The second-order valence-corrected chi connectivity index (χ2v) is 7.28. The SMILES string of the molecule is CC(Sc1ccccc1)C(=O)N(Cc1ccccc1F)C1CC1. The van der Waals surface area contributed by atoms with Crippen molar-refractivity contribution < 1.29 is 9.18 Å². The quantitative estimate of drug-likeness (QED) is 0.727. The summed E-state index contributed by atoms with van der Waals surface area (Å²) in [5.41, 5.74) is 0.588. The standard InChI is InChI=1S/C19H20FNOS/c1-14(23-17-8-3-2-4-9-17)19(22)21(16-11-12-16)13-15-7-5-6-10-18(15)20/h2-10,14,16H,11-13H2,1H3. The summed E-state index contributed by atoms with van der Waals surface area (Å²) in [6, 6.07) is 16.9. The van der Waals surface area contributed by atoms with Gasteiger partial charge in [-0.15, -0.1) is 11.8 Å². The Hall–Kier alpha value is -1.81. The summed E-state index contributed by atoms with van der Waals surface area (Å²) in [5.74, 6) is -0.154. The molecule has 1 saturated carbocycles. The first kappa shape index (κ1) is 16.1. The first-order valence-electron chi connectivity index (χ1n) is 7.91. The number of hydrogen-bond donors (Lipinski definition) is 0. The van der Waals surface area contributed by atoms with Gasteiger partial charge >= 0.3 is 0 Å². The smallest absolute Gasteiger partial charge is 0.236 e. The molecular formula is C19H20FNOS. The van der Waals surface area contributed by atoms with Crippen molar-refractivity contribution in [3.63, 3.8) is 0 Å². The lowest BCUT2D eigenvalue weighted by Gasteiger charge is -2.26. The molecule has 1 unspecified atom stereocenters. The molecular weight excluding hydrogens is 309 g/mol. The number of thioether (sulfide) groups is 1. The first-order chi connectivity index (χ1) is 11.1. The molecule has 2 nitrogen and oxygen atoms in total. The average Bonchev–Trinajstić information content (AvgIpc) is 3.39. The first-order valence-corrected chi connectivity index (χ1v) is 8.78. The van der Waals surface area contributed by atoms with E-state index in [1.807, 2.05) is 48.2 Å². The van der Waals surface area contributed by atoms with Crippen LogP contribution in [0.1, 0.15) is 25.3 Å². The molecule has 4 heteroatoms. The number of benzene rings is 2. The van der Waals surface area contributed by atoms with Gasteiger partial charge in [-0.3, -0.25) is 4.79 Å². The molecule has 120 valence electrons. The Morgan fingerprint density at radius 1 is 1.17 bits per heavy atom. The Labute approximate surface area is 140 Å². The van der Waals surface area contributed by atoms with Gasteiger partial charge < -0.3 is 4.90 Å². The minimum absolute atomic E-state index is 0.0876. The second kappa shape index (κ2) is 7.18. The van der Waals surface area contributed by atoms with Crippen molar-refractivity contribution in [1.82, 2.24) is 4.90 Å². The van der Waals surface area contributed by atoms with E-state index in [0.717, 1.165) is 17.7 Å². The summed E-state index contributed by atoms with van der Waals surface area (Å²) >= 11 is 1.55. The summed E-state index contributed by atoms with van der Waals surface area (Å²) in [4.78, 5) is 15.8. The van der Waals surface area contributed by atoms with Crippen LogP contribution < -0.4 is 0 Å². The van der Waals surface area contributed by atoms with Crippen molar-refractivity contribution in [2.75, 3.05) is 0 Å². The number of rotatable bonds is 6. The molecule has 1 fully saturated rings. The van der Waals surface area contributed by atoms with Crippen LogP contribution in [0.25, 0.3) is 0 Å². The fraction of sp³-hybridized carbons (Fsp3) is 0.316. The van der Waals surface area contributed by atoms with Crippen molar-refractivity contribution in [3.8, 4) is 0 Å². The highest BCUT2D eigenvalue weighted by Gasteiger charge is 2.35. The van der Waals surface area contributed by atoms with Crippen LogP contribution in [0.4, 0.5) is 4.39 Å². The predicted octanol–water partition coefficient (Wildman–Crippen LogP) is 4.50. The Bertz CT molecular complexity index is 672. The maximum absolute atomic E-state index is 13.9. The maximum atomic E-state index is 13.9. The lowest BCUT2D eigenvalue weighted by Crippen LogP contribution is -2.38. The molecule has 1 aliphatic carbocycles. The van der Waals surface area contributed by atoms with Gasteiger partial charge in [0.05, 0.1) is 5.25 Å². The molecule has 1 aliphatic rings. The summed E-state index contributed by atoms with van der Waals surface area (Å²) in [5, 5.41) is -0.176. The summed E-state index contributed by atoms with van der Waals surface area (Å²) in [6.45, 7) is 2.28. The zero-order valence-corrected chi connectivity index (χ0v) is 13.9. The monoisotopic (exact) mass is 329 g/mol. The third-order valence-electron chi connectivity index (χ3n) is 3.97. The van der Waals surface area contributed by atoms with Crippen LogP contribution in [-0.2, 0) is 11.3 Å². The highest BCUT2D eigenvalue weighted by Crippen LogP contribution is 2.32. The minimum Gasteiger partial charge on any atom is -0.334 e. The number of nitrogens with zero attached hydrogens (tertiary/aromatic N) is 1. The van der Waals surface area contributed by atoms with Crippen LogP contribution in [0, 0.1) is 5.82 Å². The van der Waals surface area contributed by atoms with Gasteiger partial charge in [-0.25, -0.2) is 4.39 Å². The molecule has 23 heavy (non-hydrogen) atoms. The molecule has 0 N–H and O–H groups in total. The molecule has 0 aromatic heterocycles. The third-order valence-corrected chi connectivity index (χ3v) is 5.07. The van der Waals surface area contributed by atoms with Crippen molar-refractivity contribution in [3.05, 3.63) is 66.0 Å². The predicted molar refractivity (Wildman–Crippen MR) is 91.7 cm³/mol. The Kier molecular flexibility index (Phi) is 5.01. The lowest BCUT2D eigenvalue weighted by atomic mass is 10.2. The largest absolute Gasteiger partial charge is 0.334 e. The van der Waals surface area contributed by atoms with Gasteiger partial charge in [0.1, 0.15) is 5.82 Å². The normalized spacial score (nSPS) is 15.2. The molecule has 3 rings (SSSR count). The molecule has 0 heterocycles. The van der Waals surface area contributed by atoms with E-state index in [4.69, 9.17) is 0 Å². The summed E-state index contributed by atoms with van der Waals surface area (Å²) < 4.78 is 13.9. The van der Waals surface area contributed by atoms with Crippen molar-refractivity contribution in [2.45, 2.75) is 42.5 Å². The van der Waals surface area contributed by atoms with E-state index in [9.17, 15) is 9.18 Å². The van der Waals surface area contributed by atoms with E-state index < -0.39 is 0 Å². The Morgan fingerprint density at radius 2 is 1.83 bits per heavy atom. The van der Waals surface area contributed by atoms with Gasteiger partial charge in [0.15, 0.2) is 0 Å². The molecule has 2 aromatic carbocycles. The molecule has 0 radical (unpaired) electrons. The summed E-state index contributed by atoms with van der Waals surface area (Å²) in [6.07, 6.45) is 2.03. The minimum atomic E-state index is -0.241. The number of hydrogen-bond acceptors (Lipinski definition) is 2. The van der Waals surface area contributed by atoms with Gasteiger partial charge in [-0.1, -0.05) is 36.4 Å². The van der Waals surface area contributed by atoms with Crippen LogP contribution in [0.15, 0.2) is 59.5 Å². The van der Waals surface area contributed by atoms with Gasteiger partial charge in [-0.2, -0.15) is 0 Å². The number of halogens is 1. The molecule has 0 saturated heterocycles. The highest BCUT2D eigenvalue weighted by molar-refractivity contribution is 8.00. The number of amides is 1. The lowest BCUT2D eigenvalue weighted by molar-refractivity contribution is -0.131. The van der Waals surface area contributed by atoms with E-state index in [0.29, 0.717) is 12.1 Å². The van der Waals surface area contributed by atoms with Crippen molar-refractivity contribution >= 4 is 17.7 Å². The van der Waals surface area contributed by atoms with Crippen LogP contribution in [0.3, 0.4) is 0 Å². The van der Waals surface area contributed by atoms with Gasteiger partial charge in [0.2, 0.25) is 5.91 Å². The summed E-state index contributed by atoms with van der Waals surface area (Å²) in [7, 11) is 0. The van der Waals surface area contributed by atoms with Crippen LogP contribution in [0.2, 0.25) is 0 Å². The number of carbonyl (C=O) groups excluding carboxylic acids is 1. The molecule has 2 aromatic rings. The fourth-order valence-electron chi connectivity index (χ4n) is 2.57. The Morgan fingerprint density at radius 3 is 2.48 bits per heavy atom. The van der Waals surface area contributed by atoms with Crippen molar-refractivity contribution in [2.24, 2.45) is 0 Å². The number of carbonyl (C=O) groups is 1. The van der Waals surface area contributed by atoms with E-state index in [1.165, 1.54) is 6.07 Å². The maximum Gasteiger partial charge on any atom is 0.236 e. The van der Waals surface area contributed by atoms with Gasteiger partial charge in [0.25, 0.3) is 0 Å². The average molecular weight is 329 g/mol. The topological polar surface area (TPSA) is 20.3 Å². The van der Waals surface area contributed by atoms with Gasteiger partial charge in [0, 0.05) is 23.0 Å².